The summed E-state index contributed by atoms with van der Waals surface area (Å²) in [5, 5.41) is 0. The molecule has 1 fully saturated rings. The van der Waals surface area contributed by atoms with Crippen LogP contribution in [-0.4, -0.2) is 50.6 Å². The van der Waals surface area contributed by atoms with Crippen molar-refractivity contribution in [1.29, 1.82) is 0 Å². The van der Waals surface area contributed by atoms with Gasteiger partial charge in [0.1, 0.15) is 6.61 Å². The van der Waals surface area contributed by atoms with Crippen molar-refractivity contribution < 1.29 is 26.7 Å². The van der Waals surface area contributed by atoms with Crippen LogP contribution in [-0.2, 0) is 30.5 Å². The summed E-state index contributed by atoms with van der Waals surface area (Å²) in [6, 6.07) is 7.38. The van der Waals surface area contributed by atoms with Crippen LogP contribution >= 0.6 is 11.6 Å². The first kappa shape index (κ1) is 18.2. The Morgan fingerprint density at radius 3 is 2.61 bits per heavy atom. The highest BCUT2D eigenvalue weighted by molar-refractivity contribution is 7.80. The maximum absolute atomic E-state index is 11.8. The highest BCUT2D eigenvalue weighted by atomic mass is 35.5. The molecule has 1 aromatic rings. The molecule has 23 heavy (non-hydrogen) atoms. The monoisotopic (exact) mass is 363 g/mol. The van der Waals surface area contributed by atoms with Crippen LogP contribution in [0.2, 0.25) is 0 Å². The van der Waals surface area contributed by atoms with E-state index in [2.05, 4.69) is 4.18 Å². The lowest BCUT2D eigenvalue weighted by molar-refractivity contribution is -0.125. The molecule has 1 atom stereocenters. The van der Waals surface area contributed by atoms with Gasteiger partial charge in [0.05, 0.1) is 18.6 Å². The zero-order valence-corrected chi connectivity index (χ0v) is 13.9. The largest absolute Gasteiger partial charge is 0.397 e. The van der Waals surface area contributed by atoms with E-state index >= 15 is 0 Å². The minimum atomic E-state index is -4.51. The number of nitrogens with zero attached hydrogens (tertiary/aromatic N) is 1. The molecule has 1 aliphatic heterocycles. The number of carbonyl (C=O) groups is 1. The summed E-state index contributed by atoms with van der Waals surface area (Å²) in [5.41, 5.74) is 1.74. The van der Waals surface area contributed by atoms with Crippen LogP contribution in [0.15, 0.2) is 24.3 Å². The van der Waals surface area contributed by atoms with Gasteiger partial charge in [-0.2, -0.15) is 8.42 Å². The SMILES string of the molecule is O=C1COCCN1c1ccc(CC[C@H](CCl)OS(=O)(=O)O)cc1. The topological polar surface area (TPSA) is 93.1 Å². The highest BCUT2D eigenvalue weighted by Gasteiger charge is 2.20. The minimum absolute atomic E-state index is 0.0415. The maximum Gasteiger partial charge on any atom is 0.397 e. The molecule has 1 aliphatic rings. The van der Waals surface area contributed by atoms with E-state index in [0.717, 1.165) is 11.3 Å². The summed E-state index contributed by atoms with van der Waals surface area (Å²) in [4.78, 5) is 13.4. The second-order valence-electron chi connectivity index (χ2n) is 5.10. The van der Waals surface area contributed by atoms with Crippen molar-refractivity contribution in [3.05, 3.63) is 29.8 Å². The van der Waals surface area contributed by atoms with Crippen molar-refractivity contribution in [1.82, 2.24) is 0 Å². The van der Waals surface area contributed by atoms with Gasteiger partial charge in [-0.3, -0.25) is 9.35 Å². The molecule has 0 saturated carbocycles. The Morgan fingerprint density at radius 2 is 2.04 bits per heavy atom. The van der Waals surface area contributed by atoms with Gasteiger partial charge in [-0.1, -0.05) is 12.1 Å². The van der Waals surface area contributed by atoms with Crippen molar-refractivity contribution in [2.24, 2.45) is 0 Å². The number of aryl methyl sites for hydroxylation is 1. The second-order valence-corrected chi connectivity index (χ2v) is 6.46. The molecule has 1 heterocycles. The number of ether oxygens (including phenoxy) is 1. The number of benzene rings is 1. The van der Waals surface area contributed by atoms with Crippen LogP contribution in [0.25, 0.3) is 0 Å². The van der Waals surface area contributed by atoms with Gasteiger partial charge in [0.15, 0.2) is 0 Å². The number of morpholine rings is 1. The van der Waals surface area contributed by atoms with E-state index in [1.54, 1.807) is 4.90 Å². The number of alkyl halides is 1. The molecule has 0 aromatic heterocycles. The van der Waals surface area contributed by atoms with E-state index in [0.29, 0.717) is 26.0 Å². The van der Waals surface area contributed by atoms with Gasteiger partial charge in [-0.05, 0) is 30.5 Å². The number of rotatable bonds is 7. The quantitative estimate of drug-likeness (QED) is 0.581. The molecule has 0 bridgehead atoms. The number of anilines is 1. The number of halogens is 1. The Balaban J connectivity index is 1.93. The molecule has 1 saturated heterocycles. The average molecular weight is 364 g/mol. The standard InChI is InChI=1S/C14H18ClNO6S/c15-9-13(22-23(18,19)20)6-3-11-1-4-12(5-2-11)16-7-8-21-10-14(16)17/h1-2,4-5,13H,3,6-10H2,(H,18,19,20)/t13-/m1/s1. The summed E-state index contributed by atoms with van der Waals surface area (Å²) in [7, 11) is -4.51. The first-order chi connectivity index (χ1) is 10.9. The number of carbonyl (C=O) groups excluding carboxylic acids is 1. The van der Waals surface area contributed by atoms with E-state index in [-0.39, 0.29) is 18.4 Å². The third-order valence-electron chi connectivity index (χ3n) is 3.42. The maximum atomic E-state index is 11.8. The van der Waals surface area contributed by atoms with Gasteiger partial charge in [0.2, 0.25) is 0 Å². The molecule has 2 rings (SSSR count). The lowest BCUT2D eigenvalue weighted by Crippen LogP contribution is -2.41. The lowest BCUT2D eigenvalue weighted by atomic mass is 10.1. The van der Waals surface area contributed by atoms with Crippen LogP contribution in [0.1, 0.15) is 12.0 Å². The molecular formula is C14H18ClNO6S. The van der Waals surface area contributed by atoms with Crippen molar-refractivity contribution >= 4 is 33.6 Å². The normalized spacial score (nSPS) is 17.3. The fourth-order valence-electron chi connectivity index (χ4n) is 2.28. The van der Waals surface area contributed by atoms with Gasteiger partial charge in [-0.15, -0.1) is 11.6 Å². The molecule has 0 radical (unpaired) electrons. The number of hydrogen-bond donors (Lipinski definition) is 1. The molecule has 9 heteroatoms. The van der Waals surface area contributed by atoms with Crippen LogP contribution in [0, 0.1) is 0 Å². The van der Waals surface area contributed by atoms with Crippen LogP contribution in [0.5, 0.6) is 0 Å². The van der Waals surface area contributed by atoms with Gasteiger partial charge < -0.3 is 9.64 Å². The first-order valence-electron chi connectivity index (χ1n) is 7.08. The summed E-state index contributed by atoms with van der Waals surface area (Å²) < 4.78 is 39.6. The highest BCUT2D eigenvalue weighted by Crippen LogP contribution is 2.19. The molecule has 128 valence electrons. The van der Waals surface area contributed by atoms with Crippen molar-refractivity contribution in [2.75, 3.05) is 30.5 Å². The summed E-state index contributed by atoms with van der Waals surface area (Å²) in [5.74, 6) is -0.118. The minimum Gasteiger partial charge on any atom is -0.370 e. The van der Waals surface area contributed by atoms with Crippen molar-refractivity contribution in [2.45, 2.75) is 18.9 Å². The van der Waals surface area contributed by atoms with Crippen molar-refractivity contribution in [3.8, 4) is 0 Å². The predicted molar refractivity (Wildman–Crippen MR) is 85.1 cm³/mol. The van der Waals surface area contributed by atoms with Crippen molar-refractivity contribution in [3.63, 3.8) is 0 Å². The molecule has 0 unspecified atom stereocenters. The van der Waals surface area contributed by atoms with Gasteiger partial charge in [0, 0.05) is 12.2 Å². The smallest absolute Gasteiger partial charge is 0.370 e. The van der Waals surface area contributed by atoms with E-state index in [9.17, 15) is 13.2 Å². The Morgan fingerprint density at radius 1 is 1.35 bits per heavy atom. The summed E-state index contributed by atoms with van der Waals surface area (Å²) in [6.45, 7) is 1.12. The van der Waals surface area contributed by atoms with Gasteiger partial charge in [-0.25, -0.2) is 4.18 Å². The third kappa shape index (κ3) is 5.74. The fraction of sp³-hybridized carbons (Fsp3) is 0.500. The number of amides is 1. The lowest BCUT2D eigenvalue weighted by Gasteiger charge is -2.27. The fourth-order valence-corrected chi connectivity index (χ4v) is 3.08. The molecule has 1 N–H and O–H groups in total. The first-order valence-corrected chi connectivity index (χ1v) is 8.98. The Bertz CT molecular complexity index is 633. The Kier molecular flexibility index (Phi) is 6.37. The van der Waals surface area contributed by atoms with Crippen LogP contribution in [0.3, 0.4) is 0 Å². The molecule has 0 aliphatic carbocycles. The van der Waals surface area contributed by atoms with Crippen LogP contribution < -0.4 is 4.90 Å². The van der Waals surface area contributed by atoms with E-state index in [4.69, 9.17) is 20.9 Å². The van der Waals surface area contributed by atoms with E-state index in [1.807, 2.05) is 24.3 Å². The average Bonchev–Trinajstić information content (AvgIpc) is 2.51. The molecule has 1 aromatic carbocycles. The summed E-state index contributed by atoms with van der Waals surface area (Å²) >= 11 is 5.63. The van der Waals surface area contributed by atoms with Gasteiger partial charge in [0.25, 0.3) is 5.91 Å². The van der Waals surface area contributed by atoms with Crippen LogP contribution in [0.4, 0.5) is 5.69 Å². The van der Waals surface area contributed by atoms with E-state index in [1.165, 1.54) is 0 Å². The number of hydrogen-bond acceptors (Lipinski definition) is 5. The van der Waals surface area contributed by atoms with Gasteiger partial charge >= 0.3 is 10.4 Å². The predicted octanol–water partition coefficient (Wildman–Crippen LogP) is 1.41. The van der Waals surface area contributed by atoms with E-state index < -0.39 is 16.5 Å². The summed E-state index contributed by atoms with van der Waals surface area (Å²) in [6.07, 6.45) is 0.0933. The second kappa shape index (κ2) is 8.07. The molecule has 7 nitrogen and oxygen atoms in total. The third-order valence-corrected chi connectivity index (χ3v) is 4.28. The zero-order valence-electron chi connectivity index (χ0n) is 12.4. The molecular weight excluding hydrogens is 346 g/mol. The Hall–Kier alpha value is -1.19. The molecule has 0 spiro atoms. The zero-order chi connectivity index (χ0) is 16.9. The Labute approximate surface area is 140 Å². The molecule has 1 amide bonds.